The molecule has 0 aliphatic carbocycles. The second-order valence-corrected chi connectivity index (χ2v) is 5.45. The summed E-state index contributed by atoms with van der Waals surface area (Å²) in [5.41, 5.74) is -0.385. The molecular weight excluding hydrogens is 192 g/mol. The van der Waals surface area contributed by atoms with Gasteiger partial charge in [-0.05, 0) is 39.7 Å². The van der Waals surface area contributed by atoms with Gasteiger partial charge < -0.3 is 15.0 Å². The predicted molar refractivity (Wildman–Crippen MR) is 57.7 cm³/mol. The molecule has 2 fully saturated rings. The van der Waals surface area contributed by atoms with Crippen molar-refractivity contribution in [2.24, 2.45) is 5.92 Å². The standard InChI is InChI=1S/C11H20N2O2/c1-11(2,3)15-10(14)13-7-8-4-5-12-6-9(8)13/h8-9,12H,4-7H2,1-3H3/t8?,9-/m0/s1. The summed E-state index contributed by atoms with van der Waals surface area (Å²) in [7, 11) is 0. The maximum Gasteiger partial charge on any atom is 0.410 e. The first-order valence-corrected chi connectivity index (χ1v) is 5.68. The number of nitrogens with zero attached hydrogens (tertiary/aromatic N) is 1. The van der Waals surface area contributed by atoms with Gasteiger partial charge in [0.1, 0.15) is 5.60 Å². The highest BCUT2D eigenvalue weighted by Crippen LogP contribution is 2.30. The smallest absolute Gasteiger partial charge is 0.410 e. The summed E-state index contributed by atoms with van der Waals surface area (Å²) in [6, 6.07) is 0.369. The van der Waals surface area contributed by atoms with Gasteiger partial charge in [0.05, 0.1) is 6.04 Å². The summed E-state index contributed by atoms with van der Waals surface area (Å²) < 4.78 is 5.35. The molecule has 2 aliphatic heterocycles. The number of amides is 1. The number of rotatable bonds is 0. The number of likely N-dealkylation sites (tertiary alicyclic amines) is 1. The molecule has 0 aromatic rings. The Hall–Kier alpha value is -0.770. The number of nitrogens with one attached hydrogen (secondary N) is 1. The van der Waals surface area contributed by atoms with Gasteiger partial charge in [-0.1, -0.05) is 0 Å². The largest absolute Gasteiger partial charge is 0.444 e. The lowest BCUT2D eigenvalue weighted by Crippen LogP contribution is -2.65. The normalized spacial score (nSPS) is 30.5. The van der Waals surface area contributed by atoms with Crippen molar-refractivity contribution >= 4 is 6.09 Å². The van der Waals surface area contributed by atoms with Crippen LogP contribution in [0.1, 0.15) is 27.2 Å². The Bertz CT molecular complexity index is 260. The number of carbonyl (C=O) groups is 1. The number of hydrogen-bond donors (Lipinski definition) is 1. The lowest BCUT2D eigenvalue weighted by atomic mass is 9.83. The molecule has 0 aromatic carbocycles. The average molecular weight is 212 g/mol. The minimum Gasteiger partial charge on any atom is -0.444 e. The minimum atomic E-state index is -0.385. The summed E-state index contributed by atoms with van der Waals surface area (Å²) in [4.78, 5) is 13.6. The molecule has 2 atom stereocenters. The highest BCUT2D eigenvalue weighted by atomic mass is 16.6. The zero-order chi connectivity index (χ0) is 11.1. The van der Waals surface area contributed by atoms with E-state index in [0.29, 0.717) is 12.0 Å². The highest BCUT2D eigenvalue weighted by molar-refractivity contribution is 5.69. The van der Waals surface area contributed by atoms with E-state index < -0.39 is 0 Å². The van der Waals surface area contributed by atoms with E-state index in [2.05, 4.69) is 5.32 Å². The molecule has 2 saturated heterocycles. The topological polar surface area (TPSA) is 41.6 Å². The van der Waals surface area contributed by atoms with Gasteiger partial charge in [-0.15, -0.1) is 0 Å². The molecule has 2 rings (SSSR count). The SMILES string of the molecule is CC(C)(C)OC(=O)N1CC2CCNC[C@@H]21. The van der Waals surface area contributed by atoms with Crippen molar-refractivity contribution in [1.82, 2.24) is 10.2 Å². The van der Waals surface area contributed by atoms with Crippen molar-refractivity contribution in [3.63, 3.8) is 0 Å². The van der Waals surface area contributed by atoms with Crippen LogP contribution >= 0.6 is 0 Å². The third-order valence-corrected chi connectivity index (χ3v) is 3.05. The summed E-state index contributed by atoms with van der Waals surface area (Å²) in [6.07, 6.45) is 1.02. The minimum absolute atomic E-state index is 0.160. The Morgan fingerprint density at radius 2 is 2.20 bits per heavy atom. The van der Waals surface area contributed by atoms with Crippen molar-refractivity contribution in [3.8, 4) is 0 Å². The molecule has 1 unspecified atom stereocenters. The van der Waals surface area contributed by atoms with Crippen molar-refractivity contribution in [2.45, 2.75) is 38.8 Å². The van der Waals surface area contributed by atoms with Gasteiger partial charge in [-0.25, -0.2) is 4.79 Å². The number of piperidine rings is 1. The second-order valence-electron chi connectivity index (χ2n) is 5.45. The fourth-order valence-electron chi connectivity index (χ4n) is 2.25. The third kappa shape index (κ3) is 2.25. The number of hydrogen-bond acceptors (Lipinski definition) is 3. The molecule has 0 spiro atoms. The van der Waals surface area contributed by atoms with Crippen LogP contribution in [-0.4, -0.2) is 42.3 Å². The van der Waals surface area contributed by atoms with E-state index in [-0.39, 0.29) is 11.7 Å². The molecule has 0 radical (unpaired) electrons. The van der Waals surface area contributed by atoms with Crippen LogP contribution in [0.25, 0.3) is 0 Å². The molecule has 0 aromatic heterocycles. The van der Waals surface area contributed by atoms with Crippen LogP contribution in [0.5, 0.6) is 0 Å². The zero-order valence-corrected chi connectivity index (χ0v) is 9.75. The van der Waals surface area contributed by atoms with Gasteiger partial charge in [0.15, 0.2) is 0 Å². The van der Waals surface area contributed by atoms with E-state index in [1.54, 1.807) is 0 Å². The van der Waals surface area contributed by atoms with Crippen molar-refractivity contribution < 1.29 is 9.53 Å². The van der Waals surface area contributed by atoms with Gasteiger partial charge >= 0.3 is 6.09 Å². The molecular formula is C11H20N2O2. The monoisotopic (exact) mass is 212 g/mol. The van der Waals surface area contributed by atoms with Gasteiger partial charge in [-0.3, -0.25) is 0 Å². The summed E-state index contributed by atoms with van der Waals surface area (Å²) in [5, 5.41) is 3.31. The lowest BCUT2D eigenvalue weighted by molar-refractivity contribution is -0.0381. The lowest BCUT2D eigenvalue weighted by Gasteiger charge is -2.50. The average Bonchev–Trinajstić information content (AvgIpc) is 2.03. The quantitative estimate of drug-likeness (QED) is 0.656. The molecule has 2 heterocycles. The van der Waals surface area contributed by atoms with E-state index in [9.17, 15) is 4.79 Å². The van der Waals surface area contributed by atoms with Crippen LogP contribution in [0.15, 0.2) is 0 Å². The van der Waals surface area contributed by atoms with Crippen LogP contribution < -0.4 is 5.32 Å². The highest BCUT2D eigenvalue weighted by Gasteiger charge is 2.44. The Balaban J connectivity index is 1.88. The molecule has 1 N–H and O–H groups in total. The van der Waals surface area contributed by atoms with Crippen LogP contribution in [0, 0.1) is 5.92 Å². The molecule has 4 heteroatoms. The summed E-state index contributed by atoms with van der Waals surface area (Å²) >= 11 is 0. The molecule has 2 aliphatic rings. The molecule has 86 valence electrons. The number of carbonyl (C=O) groups excluding carboxylic acids is 1. The van der Waals surface area contributed by atoms with Crippen LogP contribution in [0.2, 0.25) is 0 Å². The first kappa shape index (κ1) is 10.7. The third-order valence-electron chi connectivity index (χ3n) is 3.05. The van der Waals surface area contributed by atoms with E-state index in [1.165, 1.54) is 6.42 Å². The van der Waals surface area contributed by atoms with Crippen LogP contribution in [0.4, 0.5) is 4.79 Å². The Labute approximate surface area is 91.0 Å². The molecule has 0 bridgehead atoms. The predicted octanol–water partition coefficient (Wildman–Crippen LogP) is 1.22. The molecule has 4 nitrogen and oxygen atoms in total. The summed E-state index contributed by atoms with van der Waals surface area (Å²) in [5.74, 6) is 0.693. The van der Waals surface area contributed by atoms with Gasteiger partial charge in [-0.2, -0.15) is 0 Å². The van der Waals surface area contributed by atoms with Crippen LogP contribution in [-0.2, 0) is 4.74 Å². The van der Waals surface area contributed by atoms with Crippen molar-refractivity contribution in [3.05, 3.63) is 0 Å². The molecule has 0 saturated carbocycles. The first-order chi connectivity index (χ1) is 6.97. The Kier molecular flexibility index (Phi) is 2.63. The Morgan fingerprint density at radius 1 is 1.47 bits per heavy atom. The maximum atomic E-state index is 11.8. The fraction of sp³-hybridized carbons (Fsp3) is 0.909. The van der Waals surface area contributed by atoms with E-state index in [0.717, 1.165) is 19.6 Å². The fourth-order valence-corrected chi connectivity index (χ4v) is 2.25. The second kappa shape index (κ2) is 3.67. The molecule has 15 heavy (non-hydrogen) atoms. The maximum absolute atomic E-state index is 11.8. The van der Waals surface area contributed by atoms with Crippen molar-refractivity contribution in [2.75, 3.05) is 19.6 Å². The van der Waals surface area contributed by atoms with Gasteiger partial charge in [0, 0.05) is 13.1 Å². The van der Waals surface area contributed by atoms with E-state index in [1.807, 2.05) is 25.7 Å². The Morgan fingerprint density at radius 3 is 2.80 bits per heavy atom. The molecule has 1 amide bonds. The number of fused-ring (bicyclic) bond motifs is 1. The summed E-state index contributed by atoms with van der Waals surface area (Å²) in [6.45, 7) is 8.60. The number of ether oxygens (including phenoxy) is 1. The van der Waals surface area contributed by atoms with Crippen molar-refractivity contribution in [1.29, 1.82) is 0 Å². The first-order valence-electron chi connectivity index (χ1n) is 5.68. The van der Waals surface area contributed by atoms with Gasteiger partial charge in [0.25, 0.3) is 0 Å². The van der Waals surface area contributed by atoms with E-state index >= 15 is 0 Å². The van der Waals surface area contributed by atoms with Gasteiger partial charge in [0.2, 0.25) is 0 Å². The zero-order valence-electron chi connectivity index (χ0n) is 9.75. The van der Waals surface area contributed by atoms with E-state index in [4.69, 9.17) is 4.74 Å². The van der Waals surface area contributed by atoms with Crippen LogP contribution in [0.3, 0.4) is 0 Å².